The molecule has 0 spiro atoms. The Bertz CT molecular complexity index is 753. The lowest BCUT2D eigenvalue weighted by molar-refractivity contribution is -0.165. The van der Waals surface area contributed by atoms with Crippen LogP contribution in [-0.4, -0.2) is 69.0 Å². The van der Waals surface area contributed by atoms with Gasteiger partial charge in [-0.05, 0) is 6.42 Å². The molecule has 174 valence electrons. The fourth-order valence-electron chi connectivity index (χ4n) is 3.43. The van der Waals surface area contributed by atoms with Gasteiger partial charge in [0, 0.05) is 20.8 Å². The molecule has 0 aliphatic carbocycles. The molecule has 5 atom stereocenters. The van der Waals surface area contributed by atoms with Crippen molar-refractivity contribution in [1.82, 2.24) is 15.0 Å². The zero-order valence-electron chi connectivity index (χ0n) is 18.4. The van der Waals surface area contributed by atoms with Crippen molar-refractivity contribution >= 4 is 17.9 Å². The van der Waals surface area contributed by atoms with Gasteiger partial charge in [-0.15, -0.1) is 5.10 Å². The highest BCUT2D eigenvalue weighted by atomic mass is 16.6. The number of aliphatic hydroxyl groups excluding tert-OH is 1. The lowest BCUT2D eigenvalue weighted by atomic mass is 10.1. The zero-order valence-corrected chi connectivity index (χ0v) is 18.4. The van der Waals surface area contributed by atoms with Crippen LogP contribution < -0.4 is 0 Å². The quantitative estimate of drug-likeness (QED) is 0.301. The fourth-order valence-corrected chi connectivity index (χ4v) is 3.43. The number of hydrogen-bond donors (Lipinski definition) is 1. The van der Waals surface area contributed by atoms with Crippen molar-refractivity contribution in [3.8, 4) is 0 Å². The van der Waals surface area contributed by atoms with Gasteiger partial charge in [0.15, 0.2) is 12.2 Å². The van der Waals surface area contributed by atoms with Crippen LogP contribution in [0, 0.1) is 0 Å². The third-order valence-corrected chi connectivity index (χ3v) is 4.81. The zero-order chi connectivity index (χ0) is 23.0. The molecule has 11 nitrogen and oxygen atoms in total. The van der Waals surface area contributed by atoms with Crippen LogP contribution in [0.3, 0.4) is 0 Å². The van der Waals surface area contributed by atoms with Crippen molar-refractivity contribution in [3.05, 3.63) is 11.9 Å². The summed E-state index contributed by atoms with van der Waals surface area (Å²) in [5, 5.41) is 18.3. The molecule has 11 heteroatoms. The van der Waals surface area contributed by atoms with E-state index in [2.05, 4.69) is 17.2 Å². The van der Waals surface area contributed by atoms with Gasteiger partial charge in [0.1, 0.15) is 24.5 Å². The van der Waals surface area contributed by atoms with E-state index in [4.69, 9.17) is 18.9 Å². The first kappa shape index (κ1) is 24.7. The smallest absolute Gasteiger partial charge is 0.303 e. The maximum absolute atomic E-state index is 11.6. The minimum atomic E-state index is -0.951. The number of unbranched alkanes of at least 4 members (excludes halogenated alkanes) is 2. The van der Waals surface area contributed by atoms with Crippen LogP contribution in [-0.2, 0) is 39.9 Å². The van der Waals surface area contributed by atoms with Gasteiger partial charge in [0.2, 0.25) is 0 Å². The lowest BCUT2D eigenvalue weighted by Crippen LogP contribution is -2.42. The Kier molecular flexibility index (Phi) is 9.38. The second-order valence-corrected chi connectivity index (χ2v) is 7.54. The Hall–Kier alpha value is -2.53. The second-order valence-electron chi connectivity index (χ2n) is 7.54. The van der Waals surface area contributed by atoms with Gasteiger partial charge in [-0.25, -0.2) is 4.68 Å². The molecule has 2 heterocycles. The Balaban J connectivity index is 2.13. The molecule has 31 heavy (non-hydrogen) atoms. The first-order valence-corrected chi connectivity index (χ1v) is 10.4. The van der Waals surface area contributed by atoms with Gasteiger partial charge < -0.3 is 24.1 Å². The number of aromatic nitrogens is 3. The molecule has 1 unspecified atom stereocenters. The predicted octanol–water partition coefficient (Wildman–Crippen LogP) is 1.09. The molecule has 0 radical (unpaired) electrons. The summed E-state index contributed by atoms with van der Waals surface area (Å²) in [4.78, 5) is 34.4. The number of hydrogen-bond acceptors (Lipinski definition) is 10. The van der Waals surface area contributed by atoms with Crippen molar-refractivity contribution in [2.75, 3.05) is 6.61 Å². The van der Waals surface area contributed by atoms with E-state index in [1.165, 1.54) is 25.5 Å². The monoisotopic (exact) mass is 441 g/mol. The highest BCUT2D eigenvalue weighted by Crippen LogP contribution is 2.29. The molecular formula is C20H31N3O8. The normalized spacial score (nSPS) is 23.9. The third-order valence-electron chi connectivity index (χ3n) is 4.81. The highest BCUT2D eigenvalue weighted by molar-refractivity contribution is 5.68. The maximum atomic E-state index is 11.6. The molecule has 0 amide bonds. The molecule has 2 rings (SSSR count). The highest BCUT2D eigenvalue weighted by Gasteiger charge is 2.49. The van der Waals surface area contributed by atoms with Crippen molar-refractivity contribution in [2.45, 2.75) is 90.4 Å². The average molecular weight is 441 g/mol. The van der Waals surface area contributed by atoms with Gasteiger partial charge in [0.25, 0.3) is 0 Å². The predicted molar refractivity (Wildman–Crippen MR) is 106 cm³/mol. The SMILES string of the molecule is CCCCCC(O)c1cn(C[C@@H]2O[C@H](COC(C)=O)[C@@H](OC(C)=O)[C@@H]2OC(C)=O)nn1. The summed E-state index contributed by atoms with van der Waals surface area (Å²) in [6.07, 6.45) is 0.988. The Morgan fingerprint density at radius 3 is 2.32 bits per heavy atom. The minimum Gasteiger partial charge on any atom is -0.463 e. The van der Waals surface area contributed by atoms with E-state index >= 15 is 0 Å². The molecule has 1 aromatic heterocycles. The van der Waals surface area contributed by atoms with Crippen LogP contribution in [0.15, 0.2) is 6.20 Å². The van der Waals surface area contributed by atoms with Crippen molar-refractivity contribution in [2.24, 2.45) is 0 Å². The van der Waals surface area contributed by atoms with E-state index in [0.717, 1.165) is 19.3 Å². The van der Waals surface area contributed by atoms with Crippen LogP contribution in [0.25, 0.3) is 0 Å². The molecule has 1 saturated heterocycles. The van der Waals surface area contributed by atoms with E-state index < -0.39 is 48.4 Å². The third kappa shape index (κ3) is 7.59. The largest absolute Gasteiger partial charge is 0.463 e. The Labute approximate surface area is 181 Å². The number of ether oxygens (including phenoxy) is 4. The molecule has 1 aliphatic heterocycles. The fraction of sp³-hybridized carbons (Fsp3) is 0.750. The number of aliphatic hydroxyl groups is 1. The number of nitrogens with zero attached hydrogens (tertiary/aromatic N) is 3. The number of carbonyl (C=O) groups is 3. The topological polar surface area (TPSA) is 139 Å². The second kappa shape index (κ2) is 11.8. The van der Waals surface area contributed by atoms with Crippen LogP contribution in [0.5, 0.6) is 0 Å². The summed E-state index contributed by atoms with van der Waals surface area (Å²) < 4.78 is 23.1. The van der Waals surface area contributed by atoms with Crippen molar-refractivity contribution in [1.29, 1.82) is 0 Å². The average Bonchev–Trinajstić information content (AvgIpc) is 3.26. The number of esters is 3. The van der Waals surface area contributed by atoms with Crippen LogP contribution in [0.2, 0.25) is 0 Å². The Morgan fingerprint density at radius 1 is 1.10 bits per heavy atom. The summed E-state index contributed by atoms with van der Waals surface area (Å²) in [6, 6.07) is 0. The number of carbonyl (C=O) groups excluding carboxylic acids is 3. The molecule has 1 aliphatic rings. The van der Waals surface area contributed by atoms with Crippen molar-refractivity contribution in [3.63, 3.8) is 0 Å². The van der Waals surface area contributed by atoms with Gasteiger partial charge in [0.05, 0.1) is 18.8 Å². The van der Waals surface area contributed by atoms with Crippen LogP contribution >= 0.6 is 0 Å². The molecule has 1 fully saturated rings. The molecule has 1 aromatic rings. The molecular weight excluding hydrogens is 410 g/mol. The maximum Gasteiger partial charge on any atom is 0.303 e. The van der Waals surface area contributed by atoms with Gasteiger partial charge in [-0.2, -0.15) is 0 Å². The van der Waals surface area contributed by atoms with E-state index in [9.17, 15) is 19.5 Å². The molecule has 0 bridgehead atoms. The van der Waals surface area contributed by atoms with E-state index in [1.54, 1.807) is 6.20 Å². The first-order chi connectivity index (χ1) is 14.7. The number of rotatable bonds is 11. The van der Waals surface area contributed by atoms with E-state index in [1.807, 2.05) is 0 Å². The van der Waals surface area contributed by atoms with Gasteiger partial charge in [-0.3, -0.25) is 14.4 Å². The summed E-state index contributed by atoms with van der Waals surface area (Å²) in [7, 11) is 0. The molecule has 1 N–H and O–H groups in total. The van der Waals surface area contributed by atoms with Gasteiger partial charge in [-0.1, -0.05) is 31.4 Å². The van der Waals surface area contributed by atoms with E-state index in [0.29, 0.717) is 12.1 Å². The Morgan fingerprint density at radius 2 is 1.74 bits per heavy atom. The van der Waals surface area contributed by atoms with Crippen molar-refractivity contribution < 1.29 is 38.4 Å². The van der Waals surface area contributed by atoms with Crippen LogP contribution in [0.1, 0.15) is 65.2 Å². The summed E-state index contributed by atoms with van der Waals surface area (Å²) in [5.41, 5.74) is 0.436. The summed E-state index contributed by atoms with van der Waals surface area (Å²) in [6.45, 7) is 5.76. The van der Waals surface area contributed by atoms with E-state index in [-0.39, 0.29) is 13.2 Å². The molecule has 0 saturated carbocycles. The summed E-state index contributed by atoms with van der Waals surface area (Å²) in [5.74, 6) is -1.68. The molecule has 0 aromatic carbocycles. The lowest BCUT2D eigenvalue weighted by Gasteiger charge is -2.23. The summed E-state index contributed by atoms with van der Waals surface area (Å²) >= 11 is 0. The first-order valence-electron chi connectivity index (χ1n) is 10.4. The van der Waals surface area contributed by atoms with Gasteiger partial charge >= 0.3 is 17.9 Å². The standard InChI is InChI=1S/C20H31N3O8/c1-5-6-7-8-16(27)15-9-23(22-21-15)10-17-19(29-13(3)25)20(30-14(4)26)18(31-17)11-28-12(2)24/h9,16-20,27H,5-8,10-11H2,1-4H3/t16?,17-,18+,19+,20+/m0/s1. The minimum absolute atomic E-state index is 0.126. The van der Waals surface area contributed by atoms with Crippen LogP contribution in [0.4, 0.5) is 0 Å².